The maximum absolute atomic E-state index is 12.8. The highest BCUT2D eigenvalue weighted by Gasteiger charge is 2.25. The van der Waals surface area contributed by atoms with Crippen molar-refractivity contribution in [3.8, 4) is 11.5 Å². The van der Waals surface area contributed by atoms with Crippen LogP contribution in [0.25, 0.3) is 11.5 Å². The van der Waals surface area contributed by atoms with Crippen molar-refractivity contribution >= 4 is 11.6 Å². The summed E-state index contributed by atoms with van der Waals surface area (Å²) in [5, 5.41) is 4.38. The van der Waals surface area contributed by atoms with Gasteiger partial charge < -0.3 is 14.2 Å². The van der Waals surface area contributed by atoms with Crippen LogP contribution in [-0.4, -0.2) is 46.8 Å². The van der Waals surface area contributed by atoms with Crippen molar-refractivity contribution in [2.24, 2.45) is 7.05 Å². The number of hydrogen-bond acceptors (Lipinski definition) is 4. The van der Waals surface area contributed by atoms with Gasteiger partial charge in [0.2, 0.25) is 0 Å². The maximum atomic E-state index is 12.8. The van der Waals surface area contributed by atoms with Crippen LogP contribution in [0.2, 0.25) is 0 Å². The van der Waals surface area contributed by atoms with E-state index in [0.29, 0.717) is 24.5 Å². The van der Waals surface area contributed by atoms with Gasteiger partial charge in [-0.2, -0.15) is 5.10 Å². The molecule has 1 amide bonds. The predicted molar refractivity (Wildman–Crippen MR) is 100 cm³/mol. The van der Waals surface area contributed by atoms with E-state index >= 15 is 0 Å². The van der Waals surface area contributed by atoms with Gasteiger partial charge in [-0.15, -0.1) is 0 Å². The van der Waals surface area contributed by atoms with Crippen LogP contribution in [0.1, 0.15) is 16.1 Å². The molecule has 1 aliphatic rings. The minimum Gasteiger partial charge on any atom is -0.463 e. The molecule has 0 radical (unpaired) electrons. The molecule has 0 bridgehead atoms. The van der Waals surface area contributed by atoms with Gasteiger partial charge in [-0.05, 0) is 36.8 Å². The first-order valence-electron chi connectivity index (χ1n) is 8.80. The zero-order valence-electron chi connectivity index (χ0n) is 15.1. The van der Waals surface area contributed by atoms with Crippen LogP contribution >= 0.6 is 0 Å². The number of carbonyl (C=O) groups is 1. The van der Waals surface area contributed by atoms with Crippen LogP contribution in [0.15, 0.2) is 53.1 Å². The largest absolute Gasteiger partial charge is 0.463 e. The summed E-state index contributed by atoms with van der Waals surface area (Å²) < 4.78 is 7.11. The second-order valence-corrected chi connectivity index (χ2v) is 6.63. The minimum absolute atomic E-state index is 0.0256. The Labute approximate surface area is 152 Å². The smallest absolute Gasteiger partial charge is 0.274 e. The average molecular weight is 350 g/mol. The van der Waals surface area contributed by atoms with Gasteiger partial charge in [0.25, 0.3) is 5.91 Å². The number of carbonyl (C=O) groups excluding carboxylic acids is 1. The van der Waals surface area contributed by atoms with E-state index in [4.69, 9.17) is 4.42 Å². The lowest BCUT2D eigenvalue weighted by Gasteiger charge is -2.36. The monoisotopic (exact) mass is 350 g/mol. The predicted octanol–water partition coefficient (Wildman–Crippen LogP) is 2.95. The van der Waals surface area contributed by atoms with Crippen LogP contribution in [0.5, 0.6) is 0 Å². The van der Waals surface area contributed by atoms with Crippen LogP contribution in [0, 0.1) is 6.92 Å². The quantitative estimate of drug-likeness (QED) is 0.729. The first-order valence-corrected chi connectivity index (χ1v) is 8.80. The lowest BCUT2D eigenvalue weighted by atomic mass is 10.2. The topological polar surface area (TPSA) is 54.5 Å². The summed E-state index contributed by atoms with van der Waals surface area (Å²) in [4.78, 5) is 17.0. The molecule has 3 heterocycles. The van der Waals surface area contributed by atoms with Crippen molar-refractivity contribution in [1.82, 2.24) is 14.7 Å². The molecule has 26 heavy (non-hydrogen) atoms. The highest BCUT2D eigenvalue weighted by molar-refractivity contribution is 5.93. The molecule has 0 aliphatic carbocycles. The molecule has 0 N–H and O–H groups in total. The van der Waals surface area contributed by atoms with Gasteiger partial charge in [0.1, 0.15) is 5.69 Å². The number of aromatic nitrogens is 2. The van der Waals surface area contributed by atoms with E-state index in [0.717, 1.165) is 18.8 Å². The molecule has 6 heteroatoms. The number of rotatable bonds is 3. The second-order valence-electron chi connectivity index (χ2n) is 6.63. The molecule has 134 valence electrons. The summed E-state index contributed by atoms with van der Waals surface area (Å²) in [6.07, 6.45) is 1.62. The summed E-state index contributed by atoms with van der Waals surface area (Å²) in [6.45, 7) is 5.14. The molecule has 1 aliphatic heterocycles. The fourth-order valence-corrected chi connectivity index (χ4v) is 3.38. The standard InChI is InChI=1S/C20H22N4O2/c1-15-5-3-6-16(13-15)23-8-10-24(11-9-23)20(25)17-14-18(22(2)21-17)19-7-4-12-26-19/h3-7,12-14H,8-11H2,1-2H3. The number of amides is 1. The Hall–Kier alpha value is -3.02. The third kappa shape index (κ3) is 3.10. The van der Waals surface area contributed by atoms with E-state index in [1.54, 1.807) is 17.0 Å². The molecule has 0 spiro atoms. The zero-order valence-corrected chi connectivity index (χ0v) is 15.1. The fourth-order valence-electron chi connectivity index (χ4n) is 3.38. The lowest BCUT2D eigenvalue weighted by molar-refractivity contribution is 0.0740. The Balaban J connectivity index is 1.45. The van der Waals surface area contributed by atoms with E-state index in [2.05, 4.69) is 41.2 Å². The van der Waals surface area contributed by atoms with Gasteiger partial charge in [-0.3, -0.25) is 9.48 Å². The molecule has 1 fully saturated rings. The molecule has 0 saturated carbocycles. The number of nitrogens with zero attached hydrogens (tertiary/aromatic N) is 4. The molecule has 3 aromatic rings. The molecular weight excluding hydrogens is 328 g/mol. The van der Waals surface area contributed by atoms with Crippen molar-refractivity contribution in [1.29, 1.82) is 0 Å². The van der Waals surface area contributed by atoms with Gasteiger partial charge in [-0.25, -0.2) is 0 Å². The number of benzene rings is 1. The van der Waals surface area contributed by atoms with Crippen molar-refractivity contribution in [3.05, 3.63) is 60.0 Å². The minimum atomic E-state index is -0.0256. The first kappa shape index (κ1) is 16.4. The number of anilines is 1. The van der Waals surface area contributed by atoms with Gasteiger partial charge in [0.05, 0.1) is 6.26 Å². The molecule has 1 saturated heterocycles. The molecular formula is C20H22N4O2. The van der Waals surface area contributed by atoms with Crippen molar-refractivity contribution in [3.63, 3.8) is 0 Å². The summed E-state index contributed by atoms with van der Waals surface area (Å²) in [6, 6.07) is 14.0. The number of furan rings is 1. The molecule has 1 aromatic carbocycles. The van der Waals surface area contributed by atoms with Crippen molar-refractivity contribution < 1.29 is 9.21 Å². The Morgan fingerprint density at radius 2 is 1.88 bits per heavy atom. The normalized spacial score (nSPS) is 14.7. The first-order chi connectivity index (χ1) is 12.6. The zero-order chi connectivity index (χ0) is 18.1. The Bertz CT molecular complexity index is 906. The molecule has 0 atom stereocenters. The average Bonchev–Trinajstić information content (AvgIpc) is 3.31. The van der Waals surface area contributed by atoms with E-state index < -0.39 is 0 Å². The molecule has 6 nitrogen and oxygen atoms in total. The van der Waals surface area contributed by atoms with Gasteiger partial charge in [-0.1, -0.05) is 12.1 Å². The highest BCUT2D eigenvalue weighted by atomic mass is 16.3. The van der Waals surface area contributed by atoms with Crippen LogP contribution < -0.4 is 4.90 Å². The summed E-state index contributed by atoms with van der Waals surface area (Å²) in [7, 11) is 1.82. The third-order valence-corrected chi connectivity index (χ3v) is 4.81. The lowest BCUT2D eigenvalue weighted by Crippen LogP contribution is -2.48. The Morgan fingerprint density at radius 3 is 2.58 bits per heavy atom. The summed E-state index contributed by atoms with van der Waals surface area (Å²) in [5.74, 6) is 0.686. The number of aryl methyl sites for hydroxylation is 2. The fraction of sp³-hybridized carbons (Fsp3) is 0.300. The number of hydrogen-bond donors (Lipinski definition) is 0. The van der Waals surface area contributed by atoms with Gasteiger partial charge in [0.15, 0.2) is 11.5 Å². The summed E-state index contributed by atoms with van der Waals surface area (Å²) in [5.41, 5.74) is 3.73. The summed E-state index contributed by atoms with van der Waals surface area (Å²) >= 11 is 0. The van der Waals surface area contributed by atoms with E-state index in [1.807, 2.05) is 24.1 Å². The van der Waals surface area contributed by atoms with Crippen LogP contribution in [0.4, 0.5) is 5.69 Å². The van der Waals surface area contributed by atoms with Crippen LogP contribution in [-0.2, 0) is 7.05 Å². The Morgan fingerprint density at radius 1 is 1.08 bits per heavy atom. The third-order valence-electron chi connectivity index (χ3n) is 4.81. The van der Waals surface area contributed by atoms with Gasteiger partial charge >= 0.3 is 0 Å². The second kappa shape index (κ2) is 6.71. The molecule has 4 rings (SSSR count). The molecule has 0 unspecified atom stereocenters. The van der Waals surface area contributed by atoms with Crippen molar-refractivity contribution in [2.75, 3.05) is 31.1 Å². The van der Waals surface area contributed by atoms with E-state index in [9.17, 15) is 4.79 Å². The molecule has 2 aromatic heterocycles. The number of piperazine rings is 1. The van der Waals surface area contributed by atoms with Crippen LogP contribution in [0.3, 0.4) is 0 Å². The maximum Gasteiger partial charge on any atom is 0.274 e. The Kier molecular flexibility index (Phi) is 4.24. The highest BCUT2D eigenvalue weighted by Crippen LogP contribution is 2.22. The van der Waals surface area contributed by atoms with Crippen molar-refractivity contribution in [2.45, 2.75) is 6.92 Å². The van der Waals surface area contributed by atoms with E-state index in [-0.39, 0.29) is 5.91 Å². The SMILES string of the molecule is Cc1cccc(N2CCN(C(=O)c3cc(-c4ccco4)n(C)n3)CC2)c1. The van der Waals surface area contributed by atoms with E-state index in [1.165, 1.54) is 11.3 Å². The van der Waals surface area contributed by atoms with Gasteiger partial charge in [0, 0.05) is 45.0 Å².